The number of hydrogen-bond acceptors (Lipinski definition) is 5. The van der Waals surface area contributed by atoms with Crippen LogP contribution in [0.5, 0.6) is 5.75 Å². The lowest BCUT2D eigenvalue weighted by molar-refractivity contribution is 0.0568. The van der Waals surface area contributed by atoms with Crippen LogP contribution in [-0.2, 0) is 6.42 Å². The van der Waals surface area contributed by atoms with Gasteiger partial charge in [0.15, 0.2) is 0 Å². The summed E-state index contributed by atoms with van der Waals surface area (Å²) in [5.74, 6) is 1.00. The van der Waals surface area contributed by atoms with E-state index in [0.717, 1.165) is 42.9 Å². The van der Waals surface area contributed by atoms with Crippen LogP contribution in [0.3, 0.4) is 0 Å². The van der Waals surface area contributed by atoms with Crippen LogP contribution >= 0.6 is 0 Å². The Kier molecular flexibility index (Phi) is 7.05. The number of aliphatic hydroxyl groups excluding tert-OH is 1. The van der Waals surface area contributed by atoms with Crippen molar-refractivity contribution in [2.24, 2.45) is 0 Å². The standard InChI is InChI=1S/C27H37N3O3/c1-6-22-8-7-21(14-28-22)27(32)30-16-23-13-24(30)15-29(23)20(5)25-9-10-26(19(4)18(25)3)33-12-11-17(2)31/h7-10,14,17,20,23-24,31H,6,11-13,15-16H2,1-5H3/t17-,20+,23+,24+/m1/s1. The number of likely N-dealkylation sites (tertiary alicyclic amines) is 2. The average molecular weight is 452 g/mol. The van der Waals surface area contributed by atoms with Crippen LogP contribution in [0.25, 0.3) is 0 Å². The second-order valence-corrected chi connectivity index (χ2v) is 9.65. The number of aryl methyl sites for hydroxylation is 1. The Labute approximate surface area is 197 Å². The van der Waals surface area contributed by atoms with E-state index in [1.165, 1.54) is 11.1 Å². The third-order valence-corrected chi connectivity index (χ3v) is 7.50. The molecular formula is C27H37N3O3. The van der Waals surface area contributed by atoms with Crippen molar-refractivity contribution in [3.05, 3.63) is 58.4 Å². The molecule has 1 amide bonds. The van der Waals surface area contributed by atoms with Gasteiger partial charge in [-0.2, -0.15) is 0 Å². The third-order valence-electron chi connectivity index (χ3n) is 7.50. The predicted octanol–water partition coefficient (Wildman–Crippen LogP) is 4.07. The van der Waals surface area contributed by atoms with Gasteiger partial charge in [-0.3, -0.25) is 14.7 Å². The Morgan fingerprint density at radius 1 is 1.15 bits per heavy atom. The first-order chi connectivity index (χ1) is 15.8. The van der Waals surface area contributed by atoms with Crippen molar-refractivity contribution in [3.8, 4) is 5.75 Å². The fourth-order valence-electron chi connectivity index (χ4n) is 5.29. The van der Waals surface area contributed by atoms with Gasteiger partial charge >= 0.3 is 0 Å². The van der Waals surface area contributed by atoms with Crippen molar-refractivity contribution < 1.29 is 14.6 Å². The first kappa shape index (κ1) is 23.7. The molecule has 3 heterocycles. The van der Waals surface area contributed by atoms with Crippen LogP contribution in [0.1, 0.15) is 72.4 Å². The molecule has 0 saturated carbocycles. The summed E-state index contributed by atoms with van der Waals surface area (Å²) in [6.07, 6.45) is 3.92. The van der Waals surface area contributed by atoms with E-state index in [1.54, 1.807) is 13.1 Å². The number of aliphatic hydroxyl groups is 1. The molecule has 2 bridgehead atoms. The molecule has 1 N–H and O–H groups in total. The molecular weight excluding hydrogens is 414 g/mol. The van der Waals surface area contributed by atoms with Crippen molar-refractivity contribution in [2.45, 2.75) is 78.1 Å². The molecule has 0 unspecified atom stereocenters. The van der Waals surface area contributed by atoms with E-state index in [2.05, 4.69) is 49.7 Å². The van der Waals surface area contributed by atoms with Gasteiger partial charge in [0.25, 0.3) is 5.91 Å². The number of benzene rings is 1. The van der Waals surface area contributed by atoms with Gasteiger partial charge in [0.2, 0.25) is 0 Å². The maximum absolute atomic E-state index is 13.1. The Morgan fingerprint density at radius 2 is 1.94 bits per heavy atom. The summed E-state index contributed by atoms with van der Waals surface area (Å²) in [7, 11) is 0. The van der Waals surface area contributed by atoms with Gasteiger partial charge in [-0.25, -0.2) is 0 Å². The average Bonchev–Trinajstić information content (AvgIpc) is 3.42. The minimum absolute atomic E-state index is 0.107. The molecule has 2 aliphatic rings. The first-order valence-electron chi connectivity index (χ1n) is 12.2. The van der Waals surface area contributed by atoms with E-state index < -0.39 is 0 Å². The fourth-order valence-corrected chi connectivity index (χ4v) is 5.29. The summed E-state index contributed by atoms with van der Waals surface area (Å²) < 4.78 is 5.91. The number of aromatic nitrogens is 1. The van der Waals surface area contributed by atoms with E-state index in [0.29, 0.717) is 24.6 Å². The highest BCUT2D eigenvalue weighted by Crippen LogP contribution is 2.39. The highest BCUT2D eigenvalue weighted by molar-refractivity contribution is 5.94. The molecule has 0 aliphatic carbocycles. The Bertz CT molecular complexity index is 989. The van der Waals surface area contributed by atoms with Gasteiger partial charge in [0.1, 0.15) is 5.75 Å². The molecule has 6 nitrogen and oxygen atoms in total. The van der Waals surface area contributed by atoms with Crippen LogP contribution < -0.4 is 4.74 Å². The number of fused-ring (bicyclic) bond motifs is 2. The van der Waals surface area contributed by atoms with Crippen molar-refractivity contribution in [2.75, 3.05) is 19.7 Å². The highest BCUT2D eigenvalue weighted by atomic mass is 16.5. The smallest absolute Gasteiger partial charge is 0.255 e. The quantitative estimate of drug-likeness (QED) is 0.655. The van der Waals surface area contributed by atoms with Crippen LogP contribution in [0.4, 0.5) is 0 Å². The Balaban J connectivity index is 1.41. The maximum Gasteiger partial charge on any atom is 0.255 e. The minimum atomic E-state index is -0.352. The second-order valence-electron chi connectivity index (χ2n) is 9.65. The fraction of sp³-hybridized carbons (Fsp3) is 0.556. The number of rotatable bonds is 8. The van der Waals surface area contributed by atoms with Gasteiger partial charge < -0.3 is 14.7 Å². The van der Waals surface area contributed by atoms with Crippen molar-refractivity contribution in [1.29, 1.82) is 0 Å². The number of ether oxygens (including phenoxy) is 1. The van der Waals surface area contributed by atoms with Gasteiger partial charge in [0.05, 0.1) is 18.3 Å². The van der Waals surface area contributed by atoms with E-state index in [4.69, 9.17) is 4.74 Å². The molecule has 2 saturated heterocycles. The molecule has 2 aliphatic heterocycles. The number of pyridine rings is 1. The molecule has 2 fully saturated rings. The number of carbonyl (C=O) groups excluding carboxylic acids is 1. The van der Waals surface area contributed by atoms with Gasteiger partial charge in [-0.05, 0) is 75.4 Å². The number of piperazine rings is 1. The largest absolute Gasteiger partial charge is 0.493 e. The minimum Gasteiger partial charge on any atom is -0.493 e. The number of hydrogen-bond donors (Lipinski definition) is 1. The summed E-state index contributed by atoms with van der Waals surface area (Å²) in [5.41, 5.74) is 5.45. The zero-order valence-electron chi connectivity index (χ0n) is 20.5. The summed E-state index contributed by atoms with van der Waals surface area (Å²) in [6.45, 7) is 12.6. The molecule has 4 atom stereocenters. The Hall–Kier alpha value is -2.44. The lowest BCUT2D eigenvalue weighted by Gasteiger charge is -2.38. The molecule has 4 rings (SSSR count). The van der Waals surface area contributed by atoms with Crippen molar-refractivity contribution in [1.82, 2.24) is 14.8 Å². The lowest BCUT2D eigenvalue weighted by Crippen LogP contribution is -2.49. The van der Waals surface area contributed by atoms with Crippen molar-refractivity contribution >= 4 is 5.91 Å². The topological polar surface area (TPSA) is 65.9 Å². The summed E-state index contributed by atoms with van der Waals surface area (Å²) >= 11 is 0. The molecule has 2 aromatic rings. The van der Waals surface area contributed by atoms with E-state index in [9.17, 15) is 9.90 Å². The van der Waals surface area contributed by atoms with E-state index in [1.807, 2.05) is 17.0 Å². The number of carbonyl (C=O) groups is 1. The number of amides is 1. The van der Waals surface area contributed by atoms with Crippen LogP contribution in [-0.4, -0.2) is 63.7 Å². The van der Waals surface area contributed by atoms with Crippen LogP contribution in [0, 0.1) is 13.8 Å². The van der Waals surface area contributed by atoms with Gasteiger partial charge in [0, 0.05) is 49.5 Å². The predicted molar refractivity (Wildman–Crippen MR) is 130 cm³/mol. The Morgan fingerprint density at radius 3 is 2.55 bits per heavy atom. The monoisotopic (exact) mass is 451 g/mol. The van der Waals surface area contributed by atoms with Gasteiger partial charge in [-0.1, -0.05) is 13.0 Å². The highest BCUT2D eigenvalue weighted by Gasteiger charge is 2.47. The zero-order valence-corrected chi connectivity index (χ0v) is 20.5. The lowest BCUT2D eigenvalue weighted by atomic mass is 9.96. The van der Waals surface area contributed by atoms with E-state index >= 15 is 0 Å². The maximum atomic E-state index is 13.1. The normalized spacial score (nSPS) is 21.9. The molecule has 0 radical (unpaired) electrons. The van der Waals surface area contributed by atoms with E-state index in [-0.39, 0.29) is 24.1 Å². The SMILES string of the molecule is CCc1ccc(C(=O)N2C[C@@H]3C[C@H]2CN3[C@@H](C)c2ccc(OCC[C@@H](C)O)c(C)c2C)cn1. The zero-order chi connectivity index (χ0) is 23.7. The molecule has 178 valence electrons. The summed E-state index contributed by atoms with van der Waals surface area (Å²) in [5, 5.41) is 9.47. The third kappa shape index (κ3) is 4.78. The second kappa shape index (κ2) is 9.82. The molecule has 0 spiro atoms. The summed E-state index contributed by atoms with van der Waals surface area (Å²) in [4.78, 5) is 22.1. The first-order valence-corrected chi connectivity index (χ1v) is 12.2. The molecule has 1 aromatic carbocycles. The van der Waals surface area contributed by atoms with Gasteiger partial charge in [-0.15, -0.1) is 0 Å². The number of nitrogens with zero attached hydrogens (tertiary/aromatic N) is 3. The molecule has 33 heavy (non-hydrogen) atoms. The van der Waals surface area contributed by atoms with Crippen molar-refractivity contribution in [3.63, 3.8) is 0 Å². The summed E-state index contributed by atoms with van der Waals surface area (Å²) in [6, 6.07) is 9.05. The van der Waals surface area contributed by atoms with Crippen LogP contribution in [0.15, 0.2) is 30.5 Å². The van der Waals surface area contributed by atoms with Crippen LogP contribution in [0.2, 0.25) is 0 Å². The molecule has 6 heteroatoms. The molecule has 1 aromatic heterocycles.